The molecule has 0 fully saturated rings. The van der Waals surface area contributed by atoms with Crippen molar-refractivity contribution in [3.05, 3.63) is 40.4 Å². The average Bonchev–Trinajstić information content (AvgIpc) is 2.75. The van der Waals surface area contributed by atoms with Crippen LogP contribution < -0.4 is 0 Å². The van der Waals surface area contributed by atoms with Crippen LogP contribution in [0.3, 0.4) is 0 Å². The van der Waals surface area contributed by atoms with Gasteiger partial charge in [-0.15, -0.1) is 5.10 Å². The highest BCUT2D eigenvalue weighted by atomic mass is 79.9. The molecule has 1 heterocycles. The molecule has 0 saturated heterocycles. The molecule has 0 amide bonds. The van der Waals surface area contributed by atoms with Gasteiger partial charge in [0.05, 0.1) is 11.9 Å². The Hall–Kier alpha value is -1.77. The number of alkyl halides is 3. The summed E-state index contributed by atoms with van der Waals surface area (Å²) in [6.07, 6.45) is -4.19. The van der Waals surface area contributed by atoms with Crippen LogP contribution in [-0.2, 0) is 0 Å². The zero-order chi connectivity index (χ0) is 14.2. The number of hydrogen-bond donors (Lipinski definition) is 0. The van der Waals surface area contributed by atoms with Gasteiger partial charge >= 0.3 is 6.18 Å². The summed E-state index contributed by atoms with van der Waals surface area (Å²) in [6, 6.07) is 3.51. The van der Waals surface area contributed by atoms with E-state index in [9.17, 15) is 22.4 Å². The highest BCUT2D eigenvalue weighted by Crippen LogP contribution is 2.23. The molecule has 0 radical (unpaired) electrons. The summed E-state index contributed by atoms with van der Waals surface area (Å²) in [6.45, 7) is 0. The fraction of sp³-hybridized carbons (Fsp3) is 0.100. The normalized spacial score (nSPS) is 11.6. The van der Waals surface area contributed by atoms with Crippen LogP contribution in [0, 0.1) is 5.82 Å². The Labute approximate surface area is 112 Å². The summed E-state index contributed by atoms with van der Waals surface area (Å²) < 4.78 is 50.7. The maximum atomic E-state index is 12.9. The van der Waals surface area contributed by atoms with Crippen LogP contribution in [0.25, 0.3) is 5.69 Å². The molecule has 0 spiro atoms. The van der Waals surface area contributed by atoms with E-state index in [1.165, 1.54) is 6.07 Å². The summed E-state index contributed by atoms with van der Waals surface area (Å²) in [4.78, 5) is 10.9. The third-order valence-electron chi connectivity index (χ3n) is 2.14. The predicted octanol–water partition coefficient (Wildman–Crippen LogP) is 2.91. The predicted molar refractivity (Wildman–Crippen MR) is 59.4 cm³/mol. The SMILES string of the molecule is O=C(c1cn(-c2ccc(F)cc2Br)nn1)C(F)(F)F. The zero-order valence-corrected chi connectivity index (χ0v) is 10.5. The van der Waals surface area contributed by atoms with Crippen LogP contribution in [0.15, 0.2) is 28.9 Å². The number of hydrogen-bond acceptors (Lipinski definition) is 3. The highest BCUT2D eigenvalue weighted by Gasteiger charge is 2.41. The number of carbonyl (C=O) groups is 1. The van der Waals surface area contributed by atoms with E-state index in [1.807, 2.05) is 0 Å². The van der Waals surface area contributed by atoms with Crippen molar-refractivity contribution in [2.45, 2.75) is 6.18 Å². The molecule has 0 bridgehead atoms. The maximum Gasteiger partial charge on any atom is 0.456 e. The number of carbonyl (C=O) groups excluding carboxylic acids is 1. The van der Waals surface area contributed by atoms with Gasteiger partial charge in [-0.3, -0.25) is 4.79 Å². The van der Waals surface area contributed by atoms with E-state index in [0.717, 1.165) is 23.0 Å². The molecule has 0 aliphatic rings. The Kier molecular flexibility index (Phi) is 3.40. The lowest BCUT2D eigenvalue weighted by Crippen LogP contribution is -2.23. The Balaban J connectivity index is 2.39. The van der Waals surface area contributed by atoms with E-state index < -0.39 is 23.5 Å². The number of halogens is 5. The molecule has 2 aromatic rings. The smallest absolute Gasteiger partial charge is 0.282 e. The number of rotatable bonds is 2. The monoisotopic (exact) mass is 337 g/mol. The van der Waals surface area contributed by atoms with Crippen molar-refractivity contribution in [1.82, 2.24) is 15.0 Å². The van der Waals surface area contributed by atoms with Crippen molar-refractivity contribution in [2.24, 2.45) is 0 Å². The highest BCUT2D eigenvalue weighted by molar-refractivity contribution is 9.10. The number of ketones is 1. The second-order valence-electron chi connectivity index (χ2n) is 3.47. The quantitative estimate of drug-likeness (QED) is 0.625. The maximum absolute atomic E-state index is 12.9. The lowest BCUT2D eigenvalue weighted by molar-refractivity contribution is -0.0888. The first-order valence-electron chi connectivity index (χ1n) is 4.78. The molecular weight excluding hydrogens is 334 g/mol. The first kappa shape index (κ1) is 13.7. The average molecular weight is 338 g/mol. The van der Waals surface area contributed by atoms with Gasteiger partial charge in [0, 0.05) is 4.47 Å². The van der Waals surface area contributed by atoms with Crippen LogP contribution in [0.5, 0.6) is 0 Å². The lowest BCUT2D eigenvalue weighted by Gasteiger charge is -2.03. The third-order valence-corrected chi connectivity index (χ3v) is 2.78. The van der Waals surface area contributed by atoms with Crippen LogP contribution in [0.1, 0.15) is 10.5 Å². The number of nitrogens with zero attached hydrogens (tertiary/aromatic N) is 3. The summed E-state index contributed by atoms with van der Waals surface area (Å²) in [5, 5.41) is 6.56. The van der Waals surface area contributed by atoms with Gasteiger partial charge in [-0.2, -0.15) is 13.2 Å². The fourth-order valence-corrected chi connectivity index (χ4v) is 1.83. The van der Waals surface area contributed by atoms with Crippen LogP contribution >= 0.6 is 15.9 Å². The fourth-order valence-electron chi connectivity index (χ4n) is 1.30. The minimum atomic E-state index is -5.01. The lowest BCUT2D eigenvalue weighted by atomic mass is 10.3. The van der Waals surface area contributed by atoms with E-state index in [2.05, 4.69) is 26.2 Å². The second-order valence-corrected chi connectivity index (χ2v) is 4.33. The molecule has 0 unspecified atom stereocenters. The standard InChI is InChI=1S/C10H4BrF4N3O/c11-6-3-5(12)1-2-8(6)18-4-7(16-17-18)9(19)10(13,14)15/h1-4H. The molecule has 1 aromatic carbocycles. The number of aromatic nitrogens is 3. The van der Waals surface area contributed by atoms with Crippen LogP contribution in [-0.4, -0.2) is 27.0 Å². The van der Waals surface area contributed by atoms with Crippen LogP contribution in [0.4, 0.5) is 17.6 Å². The van der Waals surface area contributed by atoms with Gasteiger partial charge in [-0.1, -0.05) is 5.21 Å². The topological polar surface area (TPSA) is 47.8 Å². The van der Waals surface area contributed by atoms with Crippen molar-refractivity contribution >= 4 is 21.7 Å². The molecule has 0 atom stereocenters. The largest absolute Gasteiger partial charge is 0.456 e. The summed E-state index contributed by atoms with van der Waals surface area (Å²) >= 11 is 3.03. The third kappa shape index (κ3) is 2.80. The zero-order valence-electron chi connectivity index (χ0n) is 8.95. The van der Waals surface area contributed by atoms with Gasteiger partial charge in [0.15, 0.2) is 5.69 Å². The minimum Gasteiger partial charge on any atom is -0.282 e. The Morgan fingerprint density at radius 3 is 2.58 bits per heavy atom. The molecule has 19 heavy (non-hydrogen) atoms. The first-order valence-corrected chi connectivity index (χ1v) is 5.57. The molecule has 0 N–H and O–H groups in total. The Bertz CT molecular complexity index is 638. The van der Waals surface area contributed by atoms with Crippen LogP contribution in [0.2, 0.25) is 0 Å². The molecule has 9 heteroatoms. The van der Waals surface area contributed by atoms with Crippen molar-refractivity contribution in [2.75, 3.05) is 0 Å². The molecule has 100 valence electrons. The van der Waals surface area contributed by atoms with Crippen molar-refractivity contribution in [1.29, 1.82) is 0 Å². The minimum absolute atomic E-state index is 0.259. The summed E-state index contributed by atoms with van der Waals surface area (Å²) in [7, 11) is 0. The van der Waals surface area contributed by atoms with Gasteiger partial charge in [-0.25, -0.2) is 9.07 Å². The molecular formula is C10H4BrF4N3O. The molecule has 1 aromatic heterocycles. The summed E-state index contributed by atoms with van der Waals surface area (Å²) in [5.74, 6) is -2.61. The van der Waals surface area contributed by atoms with E-state index in [-0.39, 0.29) is 10.2 Å². The molecule has 2 rings (SSSR count). The van der Waals surface area contributed by atoms with Gasteiger partial charge in [0.1, 0.15) is 5.82 Å². The second kappa shape index (κ2) is 4.72. The van der Waals surface area contributed by atoms with E-state index in [4.69, 9.17) is 0 Å². The molecule has 0 saturated carbocycles. The molecule has 4 nitrogen and oxygen atoms in total. The van der Waals surface area contributed by atoms with Gasteiger partial charge in [0.2, 0.25) is 0 Å². The number of Topliss-reactive ketones (excluding diaryl/α,β-unsaturated/α-hetero) is 1. The van der Waals surface area contributed by atoms with E-state index >= 15 is 0 Å². The van der Waals surface area contributed by atoms with Gasteiger partial charge in [0.25, 0.3) is 5.78 Å². The molecule has 0 aliphatic carbocycles. The van der Waals surface area contributed by atoms with Crippen molar-refractivity contribution in [3.8, 4) is 5.69 Å². The van der Waals surface area contributed by atoms with Crippen molar-refractivity contribution < 1.29 is 22.4 Å². The van der Waals surface area contributed by atoms with E-state index in [0.29, 0.717) is 0 Å². The summed E-state index contributed by atoms with van der Waals surface area (Å²) in [5.41, 5.74) is -0.571. The van der Waals surface area contributed by atoms with E-state index in [1.54, 1.807) is 0 Å². The first-order chi connectivity index (χ1) is 8.79. The van der Waals surface area contributed by atoms with Gasteiger partial charge < -0.3 is 0 Å². The Morgan fingerprint density at radius 1 is 1.32 bits per heavy atom. The molecule has 0 aliphatic heterocycles. The van der Waals surface area contributed by atoms with Crippen molar-refractivity contribution in [3.63, 3.8) is 0 Å². The Morgan fingerprint density at radius 2 is 2.00 bits per heavy atom. The van der Waals surface area contributed by atoms with Gasteiger partial charge in [-0.05, 0) is 34.1 Å². The number of benzene rings is 1.